The van der Waals surface area contributed by atoms with Gasteiger partial charge in [-0.25, -0.2) is 0 Å². The Hall–Kier alpha value is -0.360. The van der Waals surface area contributed by atoms with Crippen LogP contribution in [0.1, 0.15) is 155 Å². The maximum Gasteiger partial charge on any atom is 0.0220 e. The van der Waals surface area contributed by atoms with Crippen LogP contribution in [0.4, 0.5) is 0 Å². The first-order valence-electron chi connectivity index (χ1n) is 29.0. The molecule has 0 spiro atoms. The molecule has 0 bridgehead atoms. The van der Waals surface area contributed by atoms with Gasteiger partial charge in [0.05, 0.1) is 0 Å². The zero-order valence-electron chi connectivity index (χ0n) is 51.0. The van der Waals surface area contributed by atoms with Crippen molar-refractivity contribution in [3.63, 3.8) is 0 Å². The van der Waals surface area contributed by atoms with E-state index >= 15 is 0 Å². The first-order chi connectivity index (χ1) is 31.7. The number of unbranched alkanes of at least 4 members (excludes halogenated alkanes) is 1. The minimum atomic E-state index is 0.503. The number of hydrogen-bond donors (Lipinski definition) is 0. The van der Waals surface area contributed by atoms with Crippen molar-refractivity contribution in [1.29, 1.82) is 0 Å². The van der Waals surface area contributed by atoms with Gasteiger partial charge in [-0.2, -0.15) is 0 Å². The van der Waals surface area contributed by atoms with Gasteiger partial charge in [0.25, 0.3) is 0 Å². The average Bonchev–Trinajstić information content (AvgIpc) is 3.70. The van der Waals surface area contributed by atoms with Crippen molar-refractivity contribution in [2.45, 2.75) is 167 Å². The topological polar surface area (TPSA) is 29.2 Å². The van der Waals surface area contributed by atoms with Crippen molar-refractivity contribution >= 4 is 0 Å². The molecule has 0 N–H and O–H groups in total. The van der Waals surface area contributed by atoms with Crippen molar-refractivity contribution in [1.82, 2.24) is 44.1 Å². The van der Waals surface area contributed by atoms with Gasteiger partial charge in [0.2, 0.25) is 0 Å². The van der Waals surface area contributed by atoms with Gasteiger partial charge in [0, 0.05) is 90.6 Å². The van der Waals surface area contributed by atoms with Gasteiger partial charge in [-0.15, -0.1) is 0 Å². The molecule has 7 aliphatic rings. The van der Waals surface area contributed by atoms with E-state index in [0.717, 1.165) is 41.7 Å². The maximum absolute atomic E-state index is 2.64. The molecule has 69 heavy (non-hydrogen) atoms. The van der Waals surface area contributed by atoms with Gasteiger partial charge in [0.1, 0.15) is 0 Å². The third-order valence-corrected chi connectivity index (χ3v) is 17.5. The Bertz CT molecular complexity index is 1350. The van der Waals surface area contributed by atoms with Crippen molar-refractivity contribution in [3.8, 4) is 0 Å². The van der Waals surface area contributed by atoms with Crippen molar-refractivity contribution in [2.24, 2.45) is 56.7 Å². The molecule has 7 rings (SSSR count). The molecule has 410 valence electrons. The fraction of sp³-hybridized carbons (Fsp3) is 1.00. The minimum absolute atomic E-state index is 0.503. The number of likely N-dealkylation sites (N-methyl/N-ethyl adjacent to an activating group) is 1. The number of rotatable bonds is 14. The van der Waals surface area contributed by atoms with E-state index in [-0.39, 0.29) is 0 Å². The molecule has 2 unspecified atom stereocenters. The fourth-order valence-corrected chi connectivity index (χ4v) is 11.3. The van der Waals surface area contributed by atoms with Crippen LogP contribution in [0.15, 0.2) is 0 Å². The van der Waals surface area contributed by atoms with Gasteiger partial charge in [0.15, 0.2) is 0 Å². The third kappa shape index (κ3) is 24.2. The van der Waals surface area contributed by atoms with Crippen LogP contribution in [0.3, 0.4) is 0 Å². The molecule has 7 saturated heterocycles. The van der Waals surface area contributed by atoms with Crippen LogP contribution >= 0.6 is 0 Å². The Morgan fingerprint density at radius 2 is 0.754 bits per heavy atom. The van der Waals surface area contributed by atoms with Gasteiger partial charge in [-0.1, -0.05) is 104 Å². The summed E-state index contributed by atoms with van der Waals surface area (Å²) in [5.41, 5.74) is 2.56. The van der Waals surface area contributed by atoms with Gasteiger partial charge in [-0.3, -0.25) is 0 Å². The molecule has 7 fully saturated rings. The highest BCUT2D eigenvalue weighted by atomic mass is 15.3. The highest BCUT2D eigenvalue weighted by Crippen LogP contribution is 2.37. The lowest BCUT2D eigenvalue weighted by Gasteiger charge is -2.49. The zero-order valence-corrected chi connectivity index (χ0v) is 51.0. The highest BCUT2D eigenvalue weighted by Gasteiger charge is 2.40. The molecule has 7 aliphatic heterocycles. The Morgan fingerprint density at radius 1 is 0.406 bits per heavy atom. The lowest BCUT2D eigenvalue weighted by Crippen LogP contribution is -2.57. The van der Waals surface area contributed by atoms with Crippen LogP contribution < -0.4 is 0 Å². The molecular weight excluding hydrogens is 847 g/mol. The molecule has 0 saturated carbocycles. The summed E-state index contributed by atoms with van der Waals surface area (Å²) in [6.07, 6.45) is 11.0. The predicted octanol–water partition coefficient (Wildman–Crippen LogP) is 10.3. The molecule has 0 aromatic carbocycles. The molecule has 0 aliphatic carbocycles. The Morgan fingerprint density at radius 3 is 1.09 bits per heavy atom. The number of hydrogen-bond acceptors (Lipinski definition) is 9. The SMILES string of the molecule is CN(C)CCCCN1CC(C(C)(C)C)C1.CN(C)CCCN1CC(C(C)(C)C)C1.CN1CC(CN2CC(C(C)(C)C)C2)C1.CN1CCCC1CC(C)(C)C.CN1CCCC1CN1CC(C(C)(C)C)C1. The molecular formula is C60H125N9. The summed E-state index contributed by atoms with van der Waals surface area (Å²) in [6.45, 7) is 58.9. The summed E-state index contributed by atoms with van der Waals surface area (Å²) in [7, 11) is 15.3. The molecule has 2 atom stereocenters. The van der Waals surface area contributed by atoms with Crippen LogP contribution in [-0.2, 0) is 0 Å². The first-order valence-corrected chi connectivity index (χ1v) is 29.0. The summed E-state index contributed by atoms with van der Waals surface area (Å²) in [5.74, 6) is 4.65. The summed E-state index contributed by atoms with van der Waals surface area (Å²) in [4.78, 5) is 22.4. The molecule has 7 heterocycles. The predicted molar refractivity (Wildman–Crippen MR) is 305 cm³/mol. The van der Waals surface area contributed by atoms with E-state index in [1.54, 1.807) is 0 Å². The molecule has 0 amide bonds. The molecule has 9 nitrogen and oxygen atoms in total. The summed E-state index contributed by atoms with van der Waals surface area (Å²) in [6, 6.07) is 1.70. The van der Waals surface area contributed by atoms with E-state index in [2.05, 4.69) is 197 Å². The third-order valence-electron chi connectivity index (χ3n) is 17.5. The van der Waals surface area contributed by atoms with E-state index < -0.39 is 0 Å². The zero-order chi connectivity index (χ0) is 52.1. The lowest BCUT2D eigenvalue weighted by atomic mass is 9.75. The van der Waals surface area contributed by atoms with Gasteiger partial charge in [-0.05, 0) is 197 Å². The van der Waals surface area contributed by atoms with Crippen molar-refractivity contribution in [3.05, 3.63) is 0 Å². The smallest absolute Gasteiger partial charge is 0.0220 e. The summed E-state index contributed by atoms with van der Waals surface area (Å²) < 4.78 is 0. The van der Waals surface area contributed by atoms with E-state index in [1.165, 1.54) is 169 Å². The largest absolute Gasteiger partial charge is 0.309 e. The molecule has 0 aromatic heterocycles. The second-order valence-corrected chi connectivity index (χ2v) is 30.3. The molecule has 0 radical (unpaired) electrons. The van der Waals surface area contributed by atoms with Gasteiger partial charge < -0.3 is 44.1 Å². The van der Waals surface area contributed by atoms with Crippen LogP contribution in [0.5, 0.6) is 0 Å². The highest BCUT2D eigenvalue weighted by molar-refractivity contribution is 4.93. The molecule has 9 heteroatoms. The van der Waals surface area contributed by atoms with E-state index in [0.29, 0.717) is 27.1 Å². The summed E-state index contributed by atoms with van der Waals surface area (Å²) in [5, 5.41) is 0. The number of likely N-dealkylation sites (tertiary alicyclic amines) is 7. The molecule has 0 aromatic rings. The second-order valence-electron chi connectivity index (χ2n) is 30.3. The maximum atomic E-state index is 2.64. The Balaban J connectivity index is 0.000000229. The normalized spacial score (nSPS) is 25.0. The summed E-state index contributed by atoms with van der Waals surface area (Å²) >= 11 is 0. The van der Waals surface area contributed by atoms with Gasteiger partial charge >= 0.3 is 0 Å². The average molecular weight is 973 g/mol. The Kier molecular flexibility index (Phi) is 25.5. The minimum Gasteiger partial charge on any atom is -0.309 e. The second kappa shape index (κ2) is 28.0. The fourth-order valence-electron chi connectivity index (χ4n) is 11.3. The van der Waals surface area contributed by atoms with E-state index in [9.17, 15) is 0 Å². The number of nitrogens with zero attached hydrogens (tertiary/aromatic N) is 9. The van der Waals surface area contributed by atoms with Crippen LogP contribution in [-0.4, -0.2) is 223 Å². The van der Waals surface area contributed by atoms with Crippen molar-refractivity contribution < 1.29 is 0 Å². The lowest BCUT2D eigenvalue weighted by molar-refractivity contribution is -0.00919. The van der Waals surface area contributed by atoms with Crippen LogP contribution in [0.2, 0.25) is 0 Å². The first kappa shape index (κ1) is 62.9. The Labute approximate surface area is 433 Å². The van der Waals surface area contributed by atoms with E-state index in [1.807, 2.05) is 0 Å². The standard InChI is InChI=1S/C13H26N2.C13H28N2.C12H24N2.C12H26N2.C10H21N/c1-13(2,3)11-8-15(9-11)10-12-6-5-7-14(12)4;1-13(2,3)12-10-15(11-12)9-7-6-8-14(4)5;1-12(2,3)11-8-14(9-11)7-10-5-13(4)6-10;1-12(2,3)11-9-14(10-11)8-6-7-13(4)5;1-10(2,3)8-9-6-5-7-11(9)4/h11-12H,5-10H2,1-4H3;12H,6-11H2,1-5H3;10-11H,5-9H2,1-4H3;11H,6-10H2,1-5H3;9H,5-8H2,1-4H3. The van der Waals surface area contributed by atoms with E-state index in [4.69, 9.17) is 0 Å². The quantitative estimate of drug-likeness (QED) is 0.158. The van der Waals surface area contributed by atoms with Crippen LogP contribution in [0, 0.1) is 56.7 Å². The monoisotopic (exact) mass is 972 g/mol. The van der Waals surface area contributed by atoms with Crippen molar-refractivity contribution in [2.75, 3.05) is 167 Å². The van der Waals surface area contributed by atoms with Crippen LogP contribution in [0.25, 0.3) is 0 Å².